The van der Waals surface area contributed by atoms with Gasteiger partial charge in [0.15, 0.2) is 17.5 Å². The molecule has 1 aromatic heterocycles. The van der Waals surface area contributed by atoms with Crippen molar-refractivity contribution in [1.29, 1.82) is 5.26 Å². The maximum Gasteiger partial charge on any atom is 0.164 e. The van der Waals surface area contributed by atoms with Crippen molar-refractivity contribution in [3.63, 3.8) is 0 Å². The molecule has 7 aromatic carbocycles. The van der Waals surface area contributed by atoms with Crippen molar-refractivity contribution in [2.24, 2.45) is 11.8 Å². The molecule has 288 valence electrons. The molecule has 4 nitrogen and oxygen atoms in total. The first-order valence-electron chi connectivity index (χ1n) is 21.3. The van der Waals surface area contributed by atoms with Gasteiger partial charge >= 0.3 is 0 Å². The van der Waals surface area contributed by atoms with Crippen molar-refractivity contribution < 1.29 is 0 Å². The van der Waals surface area contributed by atoms with Crippen molar-refractivity contribution in [2.75, 3.05) is 0 Å². The van der Waals surface area contributed by atoms with E-state index in [-0.39, 0.29) is 10.8 Å². The normalized spacial score (nSPS) is 21.4. The second-order valence-corrected chi connectivity index (χ2v) is 17.6. The second-order valence-electron chi connectivity index (χ2n) is 17.6. The lowest BCUT2D eigenvalue weighted by Gasteiger charge is -2.63. The molecular weight excluding hydrogens is 729 g/mol. The van der Waals surface area contributed by atoms with Crippen LogP contribution in [0.1, 0.15) is 55.2 Å². The fraction of sp³-hybridized carbons (Fsp3) is 0.179. The van der Waals surface area contributed by atoms with Crippen LogP contribution >= 0.6 is 0 Å². The average molecular weight is 773 g/mol. The Morgan fingerprint density at radius 2 is 0.667 bits per heavy atom. The quantitative estimate of drug-likeness (QED) is 0.154. The Morgan fingerprint density at radius 3 is 1.05 bits per heavy atom. The lowest BCUT2D eigenvalue weighted by molar-refractivity contribution is -0.0281. The van der Waals surface area contributed by atoms with Crippen LogP contribution in [0.3, 0.4) is 0 Å². The lowest BCUT2D eigenvalue weighted by Crippen LogP contribution is -2.55. The summed E-state index contributed by atoms with van der Waals surface area (Å²) in [5.41, 5.74) is 14.2. The van der Waals surface area contributed by atoms with Crippen LogP contribution < -0.4 is 0 Å². The molecule has 2 atom stereocenters. The van der Waals surface area contributed by atoms with Gasteiger partial charge in [0.2, 0.25) is 0 Å². The molecule has 60 heavy (non-hydrogen) atoms. The van der Waals surface area contributed by atoms with Gasteiger partial charge < -0.3 is 0 Å². The van der Waals surface area contributed by atoms with Gasteiger partial charge in [-0.15, -0.1) is 0 Å². The zero-order valence-electron chi connectivity index (χ0n) is 33.5. The molecule has 0 radical (unpaired) electrons. The first-order chi connectivity index (χ1) is 29.5. The third kappa shape index (κ3) is 6.61. The van der Waals surface area contributed by atoms with Crippen LogP contribution in [0.4, 0.5) is 0 Å². The molecule has 0 spiro atoms. The van der Waals surface area contributed by atoms with Crippen molar-refractivity contribution in [3.05, 3.63) is 199 Å². The Hall–Kier alpha value is -6.96. The summed E-state index contributed by atoms with van der Waals surface area (Å²) in [5, 5.41) is 9.24. The van der Waals surface area contributed by atoms with Crippen LogP contribution in [-0.2, 0) is 10.8 Å². The number of nitrogens with zero attached hydrogens (tertiary/aromatic N) is 4. The summed E-state index contributed by atoms with van der Waals surface area (Å²) in [6, 6.07) is 66.9. The molecule has 1 heterocycles. The van der Waals surface area contributed by atoms with E-state index in [4.69, 9.17) is 15.0 Å². The predicted molar refractivity (Wildman–Crippen MR) is 242 cm³/mol. The van der Waals surface area contributed by atoms with Gasteiger partial charge in [-0.2, -0.15) is 5.26 Å². The summed E-state index contributed by atoms with van der Waals surface area (Å²) in [6.45, 7) is 0. The third-order valence-corrected chi connectivity index (χ3v) is 13.8. The third-order valence-electron chi connectivity index (χ3n) is 13.8. The summed E-state index contributed by atoms with van der Waals surface area (Å²) in [6.07, 6.45) is 7.84. The van der Waals surface area contributed by atoms with E-state index in [2.05, 4.69) is 152 Å². The number of benzene rings is 7. The monoisotopic (exact) mass is 772 g/mol. The Balaban J connectivity index is 0.853. The van der Waals surface area contributed by atoms with Gasteiger partial charge in [0, 0.05) is 16.7 Å². The molecule has 4 saturated carbocycles. The van der Waals surface area contributed by atoms with Crippen molar-refractivity contribution in [1.82, 2.24) is 15.0 Å². The highest BCUT2D eigenvalue weighted by molar-refractivity contribution is 5.72. The van der Waals surface area contributed by atoms with E-state index >= 15 is 0 Å². The number of nitriles is 1. The highest BCUT2D eigenvalue weighted by Crippen LogP contribution is 2.66. The van der Waals surface area contributed by atoms with Crippen LogP contribution in [0, 0.1) is 23.2 Å². The largest absolute Gasteiger partial charge is 0.208 e. The molecule has 4 heteroatoms. The van der Waals surface area contributed by atoms with Gasteiger partial charge in [-0.3, -0.25) is 0 Å². The molecular formula is C56H44N4. The first kappa shape index (κ1) is 36.1. The summed E-state index contributed by atoms with van der Waals surface area (Å²) in [7, 11) is 0. The molecule has 4 aliphatic rings. The van der Waals surface area contributed by atoms with E-state index in [0.29, 0.717) is 23.0 Å². The van der Waals surface area contributed by atoms with Gasteiger partial charge in [0.1, 0.15) is 0 Å². The van der Waals surface area contributed by atoms with Crippen molar-refractivity contribution >= 4 is 0 Å². The van der Waals surface area contributed by atoms with E-state index in [9.17, 15) is 5.26 Å². The van der Waals surface area contributed by atoms with E-state index in [0.717, 1.165) is 39.7 Å². The highest BCUT2D eigenvalue weighted by Gasteiger charge is 2.58. The standard InChI is InChI=1S/C56H44N4/c57-36-38-11-13-42(14-12-38)45-23-27-50(28-24-45)55-32-39-31-40(33-55)35-56(34-39,37-55)51-29-25-46(26-30-51)44-17-21-49(22-18-44)54-59-52(47-9-5-2-6-10-47)58-53(60-54)48-19-15-43(16-20-48)41-7-3-1-4-8-41/h1-30,39-40H,31-35,37H2. The van der Waals surface area contributed by atoms with Gasteiger partial charge in [0.05, 0.1) is 11.6 Å². The maximum atomic E-state index is 9.24. The number of hydrogen-bond acceptors (Lipinski definition) is 4. The van der Waals surface area contributed by atoms with E-state index in [1.54, 1.807) is 0 Å². The Labute approximate surface area is 352 Å². The van der Waals surface area contributed by atoms with Gasteiger partial charge in [-0.05, 0) is 118 Å². The number of hydrogen-bond donors (Lipinski definition) is 0. The zero-order valence-corrected chi connectivity index (χ0v) is 33.5. The van der Waals surface area contributed by atoms with E-state index in [1.807, 2.05) is 36.4 Å². The Morgan fingerprint density at radius 1 is 0.367 bits per heavy atom. The highest BCUT2D eigenvalue weighted by atomic mass is 15.0. The molecule has 12 rings (SSSR count). The minimum Gasteiger partial charge on any atom is -0.208 e. The SMILES string of the molecule is N#Cc1ccc(-c2ccc(C34CC5CC(C3)CC(c3ccc(-c6ccc(-c7nc(-c8ccccc8)nc(-c8ccc(-c9ccccc9)cc8)n7)cc6)cc3)(C5)C4)cc2)cc1. The smallest absolute Gasteiger partial charge is 0.164 e. The molecule has 2 unspecified atom stereocenters. The average Bonchev–Trinajstić information content (AvgIpc) is 3.32. The predicted octanol–water partition coefficient (Wildman–Crippen LogP) is 13.5. The molecule has 4 aliphatic carbocycles. The fourth-order valence-electron chi connectivity index (χ4n) is 11.3. The Kier molecular flexibility index (Phi) is 8.85. The van der Waals surface area contributed by atoms with Gasteiger partial charge in [-0.1, -0.05) is 170 Å². The van der Waals surface area contributed by atoms with Crippen molar-refractivity contribution in [2.45, 2.75) is 49.4 Å². The van der Waals surface area contributed by atoms with Crippen LogP contribution in [0.25, 0.3) is 67.5 Å². The van der Waals surface area contributed by atoms with Crippen LogP contribution in [0.5, 0.6) is 0 Å². The molecule has 0 aliphatic heterocycles. The Bertz CT molecular complexity index is 2830. The van der Waals surface area contributed by atoms with Gasteiger partial charge in [-0.25, -0.2) is 15.0 Å². The maximum absolute atomic E-state index is 9.24. The summed E-state index contributed by atoms with van der Waals surface area (Å²) in [4.78, 5) is 15.0. The summed E-state index contributed by atoms with van der Waals surface area (Å²) in [5.74, 6) is 3.54. The number of rotatable bonds is 8. The van der Waals surface area contributed by atoms with Crippen molar-refractivity contribution in [3.8, 4) is 73.6 Å². The van der Waals surface area contributed by atoms with Crippen LogP contribution in [0.2, 0.25) is 0 Å². The molecule has 8 aromatic rings. The molecule has 0 N–H and O–H groups in total. The fourth-order valence-corrected chi connectivity index (χ4v) is 11.3. The minimum absolute atomic E-state index is 0.229. The lowest BCUT2D eigenvalue weighted by atomic mass is 9.41. The van der Waals surface area contributed by atoms with Crippen LogP contribution in [0.15, 0.2) is 182 Å². The zero-order chi connectivity index (χ0) is 40.1. The summed E-state index contributed by atoms with van der Waals surface area (Å²) < 4.78 is 0. The van der Waals surface area contributed by atoms with Gasteiger partial charge in [0.25, 0.3) is 0 Å². The molecule has 0 amide bonds. The summed E-state index contributed by atoms with van der Waals surface area (Å²) >= 11 is 0. The second kappa shape index (κ2) is 14.7. The topological polar surface area (TPSA) is 62.5 Å². The first-order valence-corrected chi connectivity index (χ1v) is 21.3. The molecule has 0 saturated heterocycles. The molecule has 4 fully saturated rings. The van der Waals surface area contributed by atoms with E-state index < -0.39 is 0 Å². The van der Waals surface area contributed by atoms with Crippen LogP contribution in [-0.4, -0.2) is 15.0 Å². The minimum atomic E-state index is 0.229. The number of aromatic nitrogens is 3. The molecule has 4 bridgehead atoms. The van der Waals surface area contributed by atoms with E-state index in [1.165, 1.54) is 71.9 Å².